The average Bonchev–Trinajstić information content (AvgIpc) is 2.64. The van der Waals surface area contributed by atoms with E-state index in [0.29, 0.717) is 28.9 Å². The first-order chi connectivity index (χ1) is 12.2. The van der Waals surface area contributed by atoms with Crippen LogP contribution in [0.1, 0.15) is 5.56 Å². The monoisotopic (exact) mass is 355 g/mol. The Morgan fingerprint density at radius 1 is 1.08 bits per heavy atom. The number of benzene rings is 2. The van der Waals surface area contributed by atoms with Crippen LogP contribution in [0.4, 0.5) is 23.0 Å². The van der Waals surface area contributed by atoms with Crippen molar-refractivity contribution >= 4 is 34.6 Å². The third kappa shape index (κ3) is 4.10. The molecule has 0 bridgehead atoms. The van der Waals surface area contributed by atoms with E-state index in [0.717, 1.165) is 17.0 Å². The average molecular weight is 356 g/mol. The van der Waals surface area contributed by atoms with Crippen LogP contribution in [0.25, 0.3) is 0 Å². The van der Waals surface area contributed by atoms with Crippen LogP contribution in [0, 0.1) is 0 Å². The number of ether oxygens (including phenoxy) is 1. The van der Waals surface area contributed by atoms with Crippen molar-refractivity contribution in [3.8, 4) is 5.75 Å². The lowest BCUT2D eigenvalue weighted by atomic mass is 10.2. The summed E-state index contributed by atoms with van der Waals surface area (Å²) in [6.07, 6.45) is 1.45. The van der Waals surface area contributed by atoms with E-state index in [4.69, 9.17) is 22.1 Å². The first kappa shape index (κ1) is 16.9. The van der Waals surface area contributed by atoms with Gasteiger partial charge in [0.2, 0.25) is 0 Å². The van der Waals surface area contributed by atoms with Gasteiger partial charge in [0, 0.05) is 23.3 Å². The molecule has 128 valence electrons. The van der Waals surface area contributed by atoms with Crippen molar-refractivity contribution in [3.05, 3.63) is 65.4 Å². The van der Waals surface area contributed by atoms with Crippen molar-refractivity contribution in [1.29, 1.82) is 0 Å². The second-order valence-electron chi connectivity index (χ2n) is 5.29. The van der Waals surface area contributed by atoms with Gasteiger partial charge in [-0.3, -0.25) is 0 Å². The van der Waals surface area contributed by atoms with Crippen LogP contribution in [-0.2, 0) is 6.54 Å². The van der Waals surface area contributed by atoms with Crippen LogP contribution < -0.4 is 21.1 Å². The summed E-state index contributed by atoms with van der Waals surface area (Å²) in [7, 11) is 1.62. The smallest absolute Gasteiger partial charge is 0.159 e. The largest absolute Gasteiger partial charge is 0.497 e. The van der Waals surface area contributed by atoms with E-state index in [2.05, 4.69) is 20.6 Å². The van der Waals surface area contributed by atoms with E-state index < -0.39 is 0 Å². The zero-order valence-electron chi connectivity index (χ0n) is 13.7. The van der Waals surface area contributed by atoms with E-state index in [1.165, 1.54) is 6.33 Å². The van der Waals surface area contributed by atoms with Crippen LogP contribution >= 0.6 is 11.6 Å². The number of rotatable bonds is 6. The number of methoxy groups -OCH3 is 1. The minimum atomic E-state index is 0.428. The van der Waals surface area contributed by atoms with Crippen molar-refractivity contribution in [1.82, 2.24) is 9.97 Å². The summed E-state index contributed by atoms with van der Waals surface area (Å²) >= 11 is 6.17. The summed E-state index contributed by atoms with van der Waals surface area (Å²) in [6, 6.07) is 15.1. The fourth-order valence-corrected chi connectivity index (χ4v) is 2.50. The molecule has 7 heteroatoms. The van der Waals surface area contributed by atoms with Gasteiger partial charge in [-0.15, -0.1) is 0 Å². The highest BCUT2D eigenvalue weighted by Crippen LogP contribution is 2.28. The number of anilines is 4. The molecule has 3 rings (SSSR count). The molecule has 0 aliphatic rings. The molecule has 2 aromatic carbocycles. The van der Waals surface area contributed by atoms with Gasteiger partial charge in [-0.25, -0.2) is 9.97 Å². The van der Waals surface area contributed by atoms with E-state index >= 15 is 0 Å². The van der Waals surface area contributed by atoms with Gasteiger partial charge < -0.3 is 21.1 Å². The van der Waals surface area contributed by atoms with Gasteiger partial charge in [0.05, 0.1) is 7.11 Å². The molecule has 0 saturated carbocycles. The minimum Gasteiger partial charge on any atom is -0.497 e. The standard InChI is InChI=1S/C18H18ClN5O/c1-25-14-7-4-6-13(9-14)24-18-16(20)17(22-11-23-18)21-10-12-5-2-3-8-15(12)19/h2-9,11H,10,20H2,1H3,(H2,21,22,23,24). The maximum absolute atomic E-state index is 6.19. The van der Waals surface area contributed by atoms with Crippen LogP contribution in [0.3, 0.4) is 0 Å². The molecule has 25 heavy (non-hydrogen) atoms. The highest BCUT2D eigenvalue weighted by molar-refractivity contribution is 6.31. The van der Waals surface area contributed by atoms with E-state index in [1.54, 1.807) is 7.11 Å². The second kappa shape index (κ2) is 7.72. The Hall–Kier alpha value is -2.99. The molecule has 6 nitrogen and oxygen atoms in total. The summed E-state index contributed by atoms with van der Waals surface area (Å²) in [5.74, 6) is 1.81. The molecule has 0 fully saturated rings. The van der Waals surface area contributed by atoms with Gasteiger partial charge >= 0.3 is 0 Å². The summed E-state index contributed by atoms with van der Waals surface area (Å²) < 4.78 is 5.22. The highest BCUT2D eigenvalue weighted by Gasteiger charge is 2.09. The Bertz CT molecular complexity index is 872. The molecule has 0 unspecified atom stereocenters. The van der Waals surface area contributed by atoms with Gasteiger partial charge in [-0.05, 0) is 23.8 Å². The number of aromatic nitrogens is 2. The lowest BCUT2D eigenvalue weighted by molar-refractivity contribution is 0.415. The number of nitrogens with one attached hydrogen (secondary N) is 2. The minimum absolute atomic E-state index is 0.428. The summed E-state index contributed by atoms with van der Waals surface area (Å²) in [6.45, 7) is 0.513. The molecule has 4 N–H and O–H groups in total. The van der Waals surface area contributed by atoms with Crippen molar-refractivity contribution in [2.24, 2.45) is 0 Å². The molecule has 0 aliphatic carbocycles. The maximum atomic E-state index is 6.19. The molecular weight excluding hydrogens is 338 g/mol. The third-order valence-corrected chi connectivity index (χ3v) is 3.99. The molecule has 1 heterocycles. The molecule has 1 aromatic heterocycles. The fourth-order valence-electron chi connectivity index (χ4n) is 2.29. The fraction of sp³-hybridized carbons (Fsp3) is 0.111. The van der Waals surface area contributed by atoms with Crippen LogP contribution in [0.2, 0.25) is 5.02 Å². The Kier molecular flexibility index (Phi) is 5.20. The summed E-state index contributed by atoms with van der Waals surface area (Å²) in [5.41, 5.74) is 8.40. The zero-order chi connectivity index (χ0) is 17.6. The SMILES string of the molecule is COc1cccc(Nc2ncnc(NCc3ccccc3Cl)c2N)c1. The molecule has 0 radical (unpaired) electrons. The van der Waals surface area contributed by atoms with Crippen LogP contribution in [0.15, 0.2) is 54.9 Å². The maximum Gasteiger partial charge on any atom is 0.159 e. The Morgan fingerprint density at radius 2 is 1.88 bits per heavy atom. The number of nitrogens with two attached hydrogens (primary N) is 1. The Balaban J connectivity index is 1.76. The summed E-state index contributed by atoms with van der Waals surface area (Å²) in [4.78, 5) is 8.41. The topological polar surface area (TPSA) is 85.1 Å². The quantitative estimate of drug-likeness (QED) is 0.618. The molecule has 3 aromatic rings. The summed E-state index contributed by atoms with van der Waals surface area (Å²) in [5, 5.41) is 7.06. The predicted molar refractivity (Wildman–Crippen MR) is 101 cm³/mol. The molecule has 0 aliphatic heterocycles. The van der Waals surface area contributed by atoms with Crippen LogP contribution in [0.5, 0.6) is 5.75 Å². The Labute approximate surface area is 151 Å². The molecule has 0 saturated heterocycles. The number of hydrogen-bond donors (Lipinski definition) is 3. The van der Waals surface area contributed by atoms with Gasteiger partial charge in [0.25, 0.3) is 0 Å². The number of hydrogen-bond acceptors (Lipinski definition) is 6. The lowest BCUT2D eigenvalue weighted by Gasteiger charge is -2.13. The van der Waals surface area contributed by atoms with E-state index in [1.807, 2.05) is 48.5 Å². The van der Waals surface area contributed by atoms with Gasteiger partial charge in [-0.1, -0.05) is 35.9 Å². The molecular formula is C18H18ClN5O. The van der Waals surface area contributed by atoms with Crippen molar-refractivity contribution in [2.75, 3.05) is 23.5 Å². The van der Waals surface area contributed by atoms with Crippen molar-refractivity contribution < 1.29 is 4.74 Å². The number of nitrogens with zero attached hydrogens (tertiary/aromatic N) is 2. The second-order valence-corrected chi connectivity index (χ2v) is 5.69. The first-order valence-electron chi connectivity index (χ1n) is 7.66. The zero-order valence-corrected chi connectivity index (χ0v) is 14.4. The van der Waals surface area contributed by atoms with E-state index in [9.17, 15) is 0 Å². The van der Waals surface area contributed by atoms with Crippen molar-refractivity contribution in [3.63, 3.8) is 0 Å². The Morgan fingerprint density at radius 3 is 2.68 bits per heavy atom. The van der Waals surface area contributed by atoms with E-state index in [-0.39, 0.29) is 0 Å². The molecule has 0 amide bonds. The first-order valence-corrected chi connectivity index (χ1v) is 8.04. The molecule has 0 atom stereocenters. The lowest BCUT2D eigenvalue weighted by Crippen LogP contribution is -2.08. The predicted octanol–water partition coefficient (Wildman–Crippen LogP) is 4.08. The van der Waals surface area contributed by atoms with Crippen LogP contribution in [-0.4, -0.2) is 17.1 Å². The van der Waals surface area contributed by atoms with Crippen molar-refractivity contribution in [2.45, 2.75) is 6.54 Å². The third-order valence-electron chi connectivity index (χ3n) is 3.62. The van der Waals surface area contributed by atoms with Gasteiger partial charge in [0.15, 0.2) is 11.6 Å². The normalized spacial score (nSPS) is 10.3. The molecule has 0 spiro atoms. The van der Waals surface area contributed by atoms with Gasteiger partial charge in [-0.2, -0.15) is 0 Å². The number of nitrogen functional groups attached to an aromatic ring is 1. The number of halogens is 1. The highest BCUT2D eigenvalue weighted by atomic mass is 35.5. The van der Waals surface area contributed by atoms with Gasteiger partial charge in [0.1, 0.15) is 17.8 Å².